The number of hydrogen-bond acceptors (Lipinski definition) is 3. The SMILES string of the molecule is CC(C)N1CC(C[C@H]2CCCNC2)c2c(O)cc(F)cc21. The van der Waals surface area contributed by atoms with Gasteiger partial charge in [-0.25, -0.2) is 4.39 Å². The van der Waals surface area contributed by atoms with Crippen molar-refractivity contribution < 1.29 is 9.50 Å². The first kappa shape index (κ1) is 14.6. The number of nitrogens with one attached hydrogen (secondary N) is 1. The number of hydrogen-bond donors (Lipinski definition) is 2. The third kappa shape index (κ3) is 2.86. The second-order valence-electron chi connectivity index (χ2n) is 6.75. The summed E-state index contributed by atoms with van der Waals surface area (Å²) in [5.74, 6) is 0.750. The van der Waals surface area contributed by atoms with Gasteiger partial charge in [-0.15, -0.1) is 0 Å². The van der Waals surface area contributed by atoms with E-state index >= 15 is 0 Å². The third-order valence-electron chi connectivity index (χ3n) is 4.88. The molecule has 2 aliphatic rings. The van der Waals surface area contributed by atoms with E-state index in [1.54, 1.807) is 6.07 Å². The van der Waals surface area contributed by atoms with Crippen LogP contribution in [0.15, 0.2) is 12.1 Å². The van der Waals surface area contributed by atoms with Crippen LogP contribution in [0.1, 0.15) is 44.6 Å². The van der Waals surface area contributed by atoms with Gasteiger partial charge in [-0.05, 0) is 58.2 Å². The molecule has 0 aromatic heterocycles. The lowest BCUT2D eigenvalue weighted by molar-refractivity contribution is 0.335. The molecule has 3 rings (SSSR count). The summed E-state index contributed by atoms with van der Waals surface area (Å²) >= 11 is 0. The molecule has 21 heavy (non-hydrogen) atoms. The molecule has 0 amide bonds. The molecular formula is C17H25FN2O. The molecule has 1 aromatic carbocycles. The van der Waals surface area contributed by atoms with Gasteiger partial charge in [0.2, 0.25) is 0 Å². The summed E-state index contributed by atoms with van der Waals surface area (Å²) in [4.78, 5) is 2.22. The summed E-state index contributed by atoms with van der Waals surface area (Å²) in [5, 5.41) is 13.7. The first-order chi connectivity index (χ1) is 10.1. The van der Waals surface area contributed by atoms with Gasteiger partial charge in [0.05, 0.1) is 0 Å². The number of phenols is 1. The van der Waals surface area contributed by atoms with E-state index in [2.05, 4.69) is 24.1 Å². The summed E-state index contributed by atoms with van der Waals surface area (Å²) in [6.45, 7) is 7.31. The topological polar surface area (TPSA) is 35.5 Å². The summed E-state index contributed by atoms with van der Waals surface area (Å²) in [5.41, 5.74) is 1.84. The summed E-state index contributed by atoms with van der Waals surface area (Å²) < 4.78 is 13.6. The number of benzene rings is 1. The Morgan fingerprint density at radius 2 is 2.24 bits per heavy atom. The molecule has 0 saturated carbocycles. The average Bonchev–Trinajstić information content (AvgIpc) is 2.79. The third-order valence-corrected chi connectivity index (χ3v) is 4.88. The van der Waals surface area contributed by atoms with Gasteiger partial charge in [0.25, 0.3) is 0 Å². The maximum absolute atomic E-state index is 13.6. The van der Waals surface area contributed by atoms with E-state index in [1.165, 1.54) is 18.9 Å². The minimum atomic E-state index is -0.350. The van der Waals surface area contributed by atoms with Crippen LogP contribution in [0.5, 0.6) is 5.75 Å². The fourth-order valence-electron chi connectivity index (χ4n) is 3.88. The maximum Gasteiger partial charge on any atom is 0.128 e. The second-order valence-corrected chi connectivity index (χ2v) is 6.75. The Hall–Kier alpha value is -1.29. The first-order valence-corrected chi connectivity index (χ1v) is 8.06. The zero-order valence-corrected chi connectivity index (χ0v) is 12.9. The predicted octanol–water partition coefficient (Wildman–Crippen LogP) is 3.23. The minimum Gasteiger partial charge on any atom is -0.507 e. The number of aromatic hydroxyl groups is 1. The second kappa shape index (κ2) is 5.84. The lowest BCUT2D eigenvalue weighted by atomic mass is 9.86. The van der Waals surface area contributed by atoms with Crippen molar-refractivity contribution in [3.8, 4) is 5.75 Å². The van der Waals surface area contributed by atoms with Gasteiger partial charge < -0.3 is 15.3 Å². The Morgan fingerprint density at radius 1 is 1.43 bits per heavy atom. The molecule has 0 spiro atoms. The Bertz CT molecular complexity index is 512. The lowest BCUT2D eigenvalue weighted by Gasteiger charge is -2.27. The number of phenolic OH excluding ortho intramolecular Hbond substituents is 1. The van der Waals surface area contributed by atoms with Crippen LogP contribution >= 0.6 is 0 Å². The highest BCUT2D eigenvalue weighted by atomic mass is 19.1. The van der Waals surface area contributed by atoms with Crippen LogP contribution in [0.4, 0.5) is 10.1 Å². The van der Waals surface area contributed by atoms with Crippen LogP contribution in [-0.4, -0.2) is 30.8 Å². The number of anilines is 1. The van der Waals surface area contributed by atoms with E-state index in [9.17, 15) is 9.50 Å². The van der Waals surface area contributed by atoms with Gasteiger partial charge >= 0.3 is 0 Å². The number of fused-ring (bicyclic) bond motifs is 1. The van der Waals surface area contributed by atoms with Crippen LogP contribution in [0.25, 0.3) is 0 Å². The minimum absolute atomic E-state index is 0.127. The molecule has 2 aliphatic heterocycles. The Balaban J connectivity index is 1.87. The predicted molar refractivity (Wildman–Crippen MR) is 83.5 cm³/mol. The highest BCUT2D eigenvalue weighted by molar-refractivity contribution is 5.65. The molecule has 2 N–H and O–H groups in total. The van der Waals surface area contributed by atoms with E-state index in [1.807, 2.05) is 0 Å². The van der Waals surface area contributed by atoms with E-state index in [4.69, 9.17) is 0 Å². The molecule has 0 aliphatic carbocycles. The molecular weight excluding hydrogens is 267 g/mol. The van der Waals surface area contributed by atoms with Crippen molar-refractivity contribution in [2.75, 3.05) is 24.5 Å². The molecule has 0 bridgehead atoms. The Kier molecular flexibility index (Phi) is 4.07. The van der Waals surface area contributed by atoms with E-state index in [0.29, 0.717) is 17.9 Å². The monoisotopic (exact) mass is 292 g/mol. The molecule has 1 fully saturated rings. The van der Waals surface area contributed by atoms with Crippen LogP contribution in [0, 0.1) is 11.7 Å². The number of nitrogens with zero attached hydrogens (tertiary/aromatic N) is 1. The maximum atomic E-state index is 13.6. The summed E-state index contributed by atoms with van der Waals surface area (Å²) in [6.07, 6.45) is 3.55. The zero-order chi connectivity index (χ0) is 15.0. The van der Waals surface area contributed by atoms with Gasteiger partial charge in [-0.2, -0.15) is 0 Å². The number of piperidine rings is 1. The standard InChI is InChI=1S/C17H25FN2O/c1-11(2)20-10-13(6-12-4-3-5-19-9-12)17-15(20)7-14(18)8-16(17)21/h7-8,11-13,19,21H,3-6,9-10H2,1-2H3/t12-,13?/m1/s1. The van der Waals surface area contributed by atoms with Gasteiger partial charge in [-0.3, -0.25) is 0 Å². The fourth-order valence-corrected chi connectivity index (χ4v) is 3.88. The van der Waals surface area contributed by atoms with Gasteiger partial charge in [0, 0.05) is 35.8 Å². The highest BCUT2D eigenvalue weighted by Gasteiger charge is 2.34. The molecule has 3 nitrogen and oxygen atoms in total. The molecule has 116 valence electrons. The summed E-state index contributed by atoms with van der Waals surface area (Å²) in [6, 6.07) is 3.16. The van der Waals surface area contributed by atoms with Crippen molar-refractivity contribution in [3.05, 3.63) is 23.5 Å². The zero-order valence-electron chi connectivity index (χ0n) is 12.9. The van der Waals surface area contributed by atoms with Crippen LogP contribution in [0.3, 0.4) is 0 Å². The highest BCUT2D eigenvalue weighted by Crippen LogP contribution is 2.46. The first-order valence-electron chi connectivity index (χ1n) is 8.06. The van der Waals surface area contributed by atoms with Gasteiger partial charge in [0.15, 0.2) is 0 Å². The van der Waals surface area contributed by atoms with Crippen molar-refractivity contribution in [3.63, 3.8) is 0 Å². The largest absolute Gasteiger partial charge is 0.507 e. The van der Waals surface area contributed by atoms with Crippen molar-refractivity contribution >= 4 is 5.69 Å². The van der Waals surface area contributed by atoms with Crippen LogP contribution in [0.2, 0.25) is 0 Å². The average molecular weight is 292 g/mol. The van der Waals surface area contributed by atoms with Crippen molar-refractivity contribution in [1.82, 2.24) is 5.32 Å². The number of rotatable bonds is 3. The molecule has 0 radical (unpaired) electrons. The lowest BCUT2D eigenvalue weighted by Crippen LogP contribution is -2.32. The van der Waals surface area contributed by atoms with E-state index in [0.717, 1.165) is 37.3 Å². The van der Waals surface area contributed by atoms with Crippen molar-refractivity contribution in [1.29, 1.82) is 0 Å². The Morgan fingerprint density at radius 3 is 2.90 bits per heavy atom. The fraction of sp³-hybridized carbons (Fsp3) is 0.647. The molecule has 2 atom stereocenters. The molecule has 1 aromatic rings. The quantitative estimate of drug-likeness (QED) is 0.898. The van der Waals surface area contributed by atoms with Gasteiger partial charge in [-0.1, -0.05) is 0 Å². The molecule has 4 heteroatoms. The molecule has 2 heterocycles. The van der Waals surface area contributed by atoms with E-state index < -0.39 is 0 Å². The molecule has 1 saturated heterocycles. The normalized spacial score (nSPS) is 25.4. The molecule has 1 unspecified atom stereocenters. The van der Waals surface area contributed by atoms with Crippen molar-refractivity contribution in [2.24, 2.45) is 5.92 Å². The van der Waals surface area contributed by atoms with Crippen LogP contribution in [-0.2, 0) is 0 Å². The summed E-state index contributed by atoms with van der Waals surface area (Å²) in [7, 11) is 0. The van der Waals surface area contributed by atoms with E-state index in [-0.39, 0.29) is 11.6 Å². The van der Waals surface area contributed by atoms with Gasteiger partial charge in [0.1, 0.15) is 11.6 Å². The van der Waals surface area contributed by atoms with Crippen molar-refractivity contribution in [2.45, 2.75) is 45.1 Å². The smallest absolute Gasteiger partial charge is 0.128 e. The number of halogens is 1. The Labute approximate surface area is 126 Å². The van der Waals surface area contributed by atoms with Crippen LogP contribution < -0.4 is 10.2 Å².